The number of hydrogen-bond acceptors (Lipinski definition) is 3. The first-order valence-corrected chi connectivity index (χ1v) is 8.33. The Balaban J connectivity index is 1.92. The number of carbonyl (C=O) groups excluding carboxylic acids is 3. The summed E-state index contributed by atoms with van der Waals surface area (Å²) in [5, 5.41) is 6.72. The minimum Gasteiger partial charge on any atom is -0.339 e. The van der Waals surface area contributed by atoms with Crippen molar-refractivity contribution in [1.82, 2.24) is 5.32 Å². The summed E-state index contributed by atoms with van der Waals surface area (Å²) in [7, 11) is 0. The van der Waals surface area contributed by atoms with Crippen molar-refractivity contribution in [2.24, 2.45) is 0 Å². The van der Waals surface area contributed by atoms with E-state index in [1.165, 1.54) is 30.3 Å². The first kappa shape index (κ1) is 21.5. The highest BCUT2D eigenvalue weighted by Crippen LogP contribution is 2.34. The minimum atomic E-state index is -4.66. The maximum Gasteiger partial charge on any atom is 0.418 e. The van der Waals surface area contributed by atoms with Gasteiger partial charge < -0.3 is 16.0 Å². The molecule has 0 aromatic heterocycles. The minimum absolute atomic E-state index is 0.154. The van der Waals surface area contributed by atoms with Crippen LogP contribution in [0.15, 0.2) is 42.5 Å². The predicted octanol–water partition coefficient (Wildman–Crippen LogP) is 3.71. The van der Waals surface area contributed by atoms with E-state index in [1.807, 2.05) is 10.6 Å². The topological polar surface area (TPSA) is 87.3 Å². The molecule has 0 heterocycles. The van der Waals surface area contributed by atoms with Crippen LogP contribution in [-0.2, 0) is 20.6 Å². The SMILES string of the molecule is O=C(CNC(=O)C(=O)Nc1cc(Cl)cc(Cl)c1)Nc1ccccc1C(F)(F)F. The molecule has 0 saturated heterocycles. The van der Waals surface area contributed by atoms with Crippen molar-refractivity contribution >= 4 is 52.3 Å². The third-order valence-corrected chi connectivity index (χ3v) is 3.68. The lowest BCUT2D eigenvalue weighted by Crippen LogP contribution is -2.40. The van der Waals surface area contributed by atoms with E-state index in [-0.39, 0.29) is 15.7 Å². The van der Waals surface area contributed by atoms with E-state index in [0.717, 1.165) is 12.1 Å². The van der Waals surface area contributed by atoms with E-state index in [1.54, 1.807) is 0 Å². The van der Waals surface area contributed by atoms with Crippen LogP contribution < -0.4 is 16.0 Å². The van der Waals surface area contributed by atoms with Crippen LogP contribution in [0, 0.1) is 0 Å². The fraction of sp³-hybridized carbons (Fsp3) is 0.118. The summed E-state index contributed by atoms with van der Waals surface area (Å²) < 4.78 is 38.7. The summed E-state index contributed by atoms with van der Waals surface area (Å²) in [6.45, 7) is -0.714. The summed E-state index contributed by atoms with van der Waals surface area (Å²) in [6, 6.07) is 8.47. The Bertz CT molecular complexity index is 900. The summed E-state index contributed by atoms with van der Waals surface area (Å²) >= 11 is 11.5. The molecule has 6 nitrogen and oxygen atoms in total. The average molecular weight is 434 g/mol. The average Bonchev–Trinajstić information content (AvgIpc) is 2.58. The van der Waals surface area contributed by atoms with Crippen molar-refractivity contribution in [2.45, 2.75) is 6.18 Å². The molecule has 0 spiro atoms. The molecule has 3 amide bonds. The van der Waals surface area contributed by atoms with Crippen molar-refractivity contribution in [1.29, 1.82) is 0 Å². The number of benzene rings is 2. The van der Waals surface area contributed by atoms with E-state index in [4.69, 9.17) is 23.2 Å². The summed E-state index contributed by atoms with van der Waals surface area (Å²) in [5.74, 6) is -3.22. The highest BCUT2D eigenvalue weighted by molar-refractivity contribution is 6.40. The molecule has 0 atom stereocenters. The second-order valence-corrected chi connectivity index (χ2v) is 6.26. The predicted molar refractivity (Wildman–Crippen MR) is 98.2 cm³/mol. The molecule has 2 rings (SSSR count). The molecule has 0 aliphatic heterocycles. The van der Waals surface area contributed by atoms with Gasteiger partial charge in [0.05, 0.1) is 17.8 Å². The second kappa shape index (κ2) is 8.94. The van der Waals surface area contributed by atoms with Crippen molar-refractivity contribution in [3.63, 3.8) is 0 Å². The number of alkyl halides is 3. The van der Waals surface area contributed by atoms with Gasteiger partial charge in [-0.2, -0.15) is 13.2 Å². The molecular weight excluding hydrogens is 422 g/mol. The number of anilines is 2. The Morgan fingerprint density at radius 3 is 2.11 bits per heavy atom. The van der Waals surface area contributed by atoms with E-state index >= 15 is 0 Å². The van der Waals surface area contributed by atoms with Gasteiger partial charge >= 0.3 is 18.0 Å². The molecule has 0 radical (unpaired) electrons. The van der Waals surface area contributed by atoms with Gasteiger partial charge in [0, 0.05) is 15.7 Å². The zero-order valence-corrected chi connectivity index (χ0v) is 15.4. The number of halogens is 5. The Hall–Kier alpha value is -2.78. The monoisotopic (exact) mass is 433 g/mol. The number of carbonyl (C=O) groups is 3. The first-order chi connectivity index (χ1) is 13.1. The van der Waals surface area contributed by atoms with Crippen molar-refractivity contribution < 1.29 is 27.6 Å². The Morgan fingerprint density at radius 1 is 0.893 bits per heavy atom. The fourth-order valence-electron chi connectivity index (χ4n) is 2.09. The molecular formula is C17H12Cl2F3N3O3. The van der Waals surface area contributed by atoms with E-state index in [0.29, 0.717) is 0 Å². The smallest absolute Gasteiger partial charge is 0.339 e. The number of amides is 3. The van der Waals surface area contributed by atoms with Gasteiger partial charge in [0.2, 0.25) is 5.91 Å². The normalized spacial score (nSPS) is 10.9. The highest BCUT2D eigenvalue weighted by Gasteiger charge is 2.33. The lowest BCUT2D eigenvalue weighted by Gasteiger charge is -2.13. The molecule has 0 bridgehead atoms. The van der Waals surface area contributed by atoms with Crippen LogP contribution in [0.2, 0.25) is 10.0 Å². The maximum atomic E-state index is 12.9. The molecule has 0 aliphatic carbocycles. The number of hydrogen-bond donors (Lipinski definition) is 3. The third kappa shape index (κ3) is 6.14. The highest BCUT2D eigenvalue weighted by atomic mass is 35.5. The van der Waals surface area contributed by atoms with E-state index in [9.17, 15) is 27.6 Å². The van der Waals surface area contributed by atoms with Crippen LogP contribution in [0.4, 0.5) is 24.5 Å². The molecule has 3 N–H and O–H groups in total. The number of para-hydroxylation sites is 1. The lowest BCUT2D eigenvalue weighted by molar-refractivity contribution is -0.137. The van der Waals surface area contributed by atoms with Gasteiger partial charge in [-0.05, 0) is 30.3 Å². The number of nitrogens with one attached hydrogen (secondary N) is 3. The zero-order chi connectivity index (χ0) is 20.9. The molecule has 2 aromatic carbocycles. The largest absolute Gasteiger partial charge is 0.418 e. The van der Waals surface area contributed by atoms with Crippen LogP contribution in [0.25, 0.3) is 0 Å². The Kier molecular flexibility index (Phi) is 6.87. The van der Waals surface area contributed by atoms with Gasteiger partial charge in [-0.3, -0.25) is 14.4 Å². The van der Waals surface area contributed by atoms with Gasteiger partial charge in [-0.25, -0.2) is 0 Å². The van der Waals surface area contributed by atoms with E-state index in [2.05, 4.69) is 5.32 Å². The van der Waals surface area contributed by atoms with Crippen LogP contribution in [0.5, 0.6) is 0 Å². The molecule has 0 aliphatic rings. The van der Waals surface area contributed by atoms with Crippen LogP contribution in [0.1, 0.15) is 5.56 Å². The van der Waals surface area contributed by atoms with Crippen molar-refractivity contribution in [2.75, 3.05) is 17.2 Å². The molecule has 0 unspecified atom stereocenters. The van der Waals surface area contributed by atoms with Crippen LogP contribution in [0.3, 0.4) is 0 Å². The standard InChI is InChI=1S/C17H12Cl2F3N3O3/c18-9-5-10(19)7-11(6-9)24-16(28)15(27)23-8-14(26)25-13-4-2-1-3-12(13)17(20,21)22/h1-7H,8H2,(H,23,27)(H,24,28)(H,25,26). The first-order valence-electron chi connectivity index (χ1n) is 7.57. The zero-order valence-electron chi connectivity index (χ0n) is 13.9. The van der Waals surface area contributed by atoms with Gasteiger partial charge in [0.25, 0.3) is 0 Å². The molecule has 11 heteroatoms. The molecule has 28 heavy (non-hydrogen) atoms. The Labute approximate surface area is 167 Å². The van der Waals surface area contributed by atoms with E-state index < -0.39 is 41.7 Å². The van der Waals surface area contributed by atoms with Crippen molar-refractivity contribution in [3.8, 4) is 0 Å². The second-order valence-electron chi connectivity index (χ2n) is 5.39. The Morgan fingerprint density at radius 2 is 1.50 bits per heavy atom. The summed E-state index contributed by atoms with van der Waals surface area (Å²) in [5.41, 5.74) is -1.35. The lowest BCUT2D eigenvalue weighted by atomic mass is 10.1. The molecule has 0 saturated carbocycles. The third-order valence-electron chi connectivity index (χ3n) is 3.24. The van der Waals surface area contributed by atoms with Gasteiger partial charge in [0.1, 0.15) is 0 Å². The summed E-state index contributed by atoms with van der Waals surface area (Å²) in [6.07, 6.45) is -4.66. The van der Waals surface area contributed by atoms with Crippen molar-refractivity contribution in [3.05, 3.63) is 58.1 Å². The van der Waals surface area contributed by atoms with Crippen LogP contribution in [-0.4, -0.2) is 24.3 Å². The fourth-order valence-corrected chi connectivity index (χ4v) is 2.61. The number of rotatable bonds is 4. The molecule has 148 valence electrons. The van der Waals surface area contributed by atoms with Gasteiger partial charge in [-0.15, -0.1) is 0 Å². The quantitative estimate of drug-likeness (QED) is 0.642. The maximum absolute atomic E-state index is 12.9. The van der Waals surface area contributed by atoms with Gasteiger partial charge in [0.15, 0.2) is 0 Å². The van der Waals surface area contributed by atoms with Gasteiger partial charge in [-0.1, -0.05) is 35.3 Å². The summed E-state index contributed by atoms with van der Waals surface area (Å²) in [4.78, 5) is 35.4. The molecule has 2 aromatic rings. The molecule has 0 fully saturated rings. The van der Waals surface area contributed by atoms with Crippen LogP contribution >= 0.6 is 23.2 Å².